The maximum absolute atomic E-state index is 3.79. The zero-order valence-electron chi connectivity index (χ0n) is 23.9. The average Bonchev–Trinajstić information content (AvgIpc) is 3.27. The minimum Gasteiger partial charge on any atom is -0.355 e. The number of hydrogen-bond donors (Lipinski definition) is 1. The van der Waals surface area contributed by atoms with Crippen LogP contribution in [0.2, 0.25) is 0 Å². The second-order valence-electron chi connectivity index (χ2n) is 11.9. The molecule has 0 bridgehead atoms. The van der Waals surface area contributed by atoms with Gasteiger partial charge in [-0.3, -0.25) is 0 Å². The van der Waals surface area contributed by atoms with Gasteiger partial charge in [-0.15, -0.1) is 0 Å². The predicted octanol–water partition coefficient (Wildman–Crippen LogP) is 11.4. The Morgan fingerprint density at radius 2 is 0.976 bits per heavy atom. The summed E-state index contributed by atoms with van der Waals surface area (Å²) < 4.78 is 0. The highest BCUT2D eigenvalue weighted by molar-refractivity contribution is 6.13. The summed E-state index contributed by atoms with van der Waals surface area (Å²) >= 11 is 0. The highest BCUT2D eigenvalue weighted by atomic mass is 14.9. The lowest BCUT2D eigenvalue weighted by atomic mass is 9.81. The second-order valence-corrected chi connectivity index (χ2v) is 11.9. The molecular formula is C41H31N. The first-order chi connectivity index (χ1) is 20.6. The molecule has 0 saturated heterocycles. The molecule has 1 nitrogen and oxygen atoms in total. The maximum Gasteiger partial charge on any atom is 0.0470 e. The molecule has 42 heavy (non-hydrogen) atoms. The third kappa shape index (κ3) is 3.93. The van der Waals surface area contributed by atoms with Crippen molar-refractivity contribution in [2.45, 2.75) is 19.3 Å². The van der Waals surface area contributed by atoms with Crippen LogP contribution in [0, 0.1) is 0 Å². The van der Waals surface area contributed by atoms with Gasteiger partial charge in [0.15, 0.2) is 0 Å². The summed E-state index contributed by atoms with van der Waals surface area (Å²) in [6.45, 7) is 4.71. The molecule has 1 aliphatic rings. The predicted molar refractivity (Wildman–Crippen MR) is 180 cm³/mol. The van der Waals surface area contributed by atoms with Crippen LogP contribution in [-0.2, 0) is 5.41 Å². The van der Waals surface area contributed by atoms with Gasteiger partial charge in [0.05, 0.1) is 0 Å². The van der Waals surface area contributed by atoms with Crippen molar-refractivity contribution in [1.82, 2.24) is 0 Å². The lowest BCUT2D eigenvalue weighted by molar-refractivity contribution is 0.661. The van der Waals surface area contributed by atoms with Crippen LogP contribution in [0.5, 0.6) is 0 Å². The fourth-order valence-corrected chi connectivity index (χ4v) is 6.79. The summed E-state index contributed by atoms with van der Waals surface area (Å²) in [4.78, 5) is 0. The van der Waals surface area contributed by atoms with Gasteiger partial charge in [-0.1, -0.05) is 135 Å². The van der Waals surface area contributed by atoms with Crippen molar-refractivity contribution >= 4 is 32.9 Å². The number of rotatable bonds is 4. The van der Waals surface area contributed by atoms with E-state index in [4.69, 9.17) is 0 Å². The average molecular weight is 538 g/mol. The maximum atomic E-state index is 3.79. The molecule has 0 heterocycles. The summed E-state index contributed by atoms with van der Waals surface area (Å²) in [5.41, 5.74) is 12.6. The monoisotopic (exact) mass is 537 g/mol. The van der Waals surface area contributed by atoms with Crippen molar-refractivity contribution in [1.29, 1.82) is 0 Å². The van der Waals surface area contributed by atoms with E-state index in [0.29, 0.717) is 0 Å². The Hall–Kier alpha value is -5.14. The first-order valence-electron chi connectivity index (χ1n) is 14.7. The fourth-order valence-electron chi connectivity index (χ4n) is 6.79. The number of nitrogens with one attached hydrogen (secondary N) is 1. The van der Waals surface area contributed by atoms with Crippen LogP contribution in [-0.4, -0.2) is 0 Å². The van der Waals surface area contributed by atoms with Gasteiger partial charge in [-0.25, -0.2) is 0 Å². The molecule has 1 heteroatoms. The Morgan fingerprint density at radius 3 is 1.74 bits per heavy atom. The zero-order chi connectivity index (χ0) is 28.3. The highest BCUT2D eigenvalue weighted by Gasteiger charge is 2.35. The molecule has 0 radical (unpaired) electrons. The van der Waals surface area contributed by atoms with Crippen molar-refractivity contribution < 1.29 is 0 Å². The van der Waals surface area contributed by atoms with Crippen molar-refractivity contribution in [3.05, 3.63) is 157 Å². The Balaban J connectivity index is 1.14. The molecule has 200 valence electrons. The number of fused-ring (bicyclic) bond motifs is 6. The van der Waals surface area contributed by atoms with Crippen molar-refractivity contribution in [3.63, 3.8) is 0 Å². The molecule has 7 aromatic rings. The van der Waals surface area contributed by atoms with Crippen LogP contribution in [0.4, 0.5) is 11.4 Å². The molecule has 0 fully saturated rings. The first-order valence-corrected chi connectivity index (χ1v) is 14.7. The lowest BCUT2D eigenvalue weighted by Gasteiger charge is -2.23. The fraction of sp³-hybridized carbons (Fsp3) is 0.0732. The number of hydrogen-bond acceptors (Lipinski definition) is 1. The third-order valence-electron chi connectivity index (χ3n) is 9.05. The van der Waals surface area contributed by atoms with E-state index in [9.17, 15) is 0 Å². The SMILES string of the molecule is CC1(C)c2cc(Nc3cc4ccccc4c4ccccc34)ccc2-c2ccc(-c3ccc(-c4ccccc4)cc3)cc21. The first kappa shape index (κ1) is 24.6. The third-order valence-corrected chi connectivity index (χ3v) is 9.05. The van der Waals surface area contributed by atoms with E-state index in [1.807, 2.05) is 0 Å². The highest BCUT2D eigenvalue weighted by Crippen LogP contribution is 2.50. The van der Waals surface area contributed by atoms with Gasteiger partial charge in [0.2, 0.25) is 0 Å². The molecule has 8 rings (SSSR count). The Bertz CT molecular complexity index is 2120. The van der Waals surface area contributed by atoms with Crippen LogP contribution in [0.1, 0.15) is 25.0 Å². The van der Waals surface area contributed by atoms with Gasteiger partial charge >= 0.3 is 0 Å². The molecule has 1 N–H and O–H groups in total. The smallest absolute Gasteiger partial charge is 0.0470 e. The normalized spacial score (nSPS) is 13.2. The van der Waals surface area contributed by atoms with E-state index in [0.717, 1.165) is 11.4 Å². The van der Waals surface area contributed by atoms with Gasteiger partial charge in [0, 0.05) is 22.2 Å². The van der Waals surface area contributed by atoms with Crippen molar-refractivity contribution in [3.8, 4) is 33.4 Å². The van der Waals surface area contributed by atoms with Gasteiger partial charge in [0.25, 0.3) is 0 Å². The Labute approximate surface area is 247 Å². The topological polar surface area (TPSA) is 12.0 Å². The van der Waals surface area contributed by atoms with Crippen LogP contribution >= 0.6 is 0 Å². The molecule has 0 amide bonds. The molecule has 0 aromatic heterocycles. The minimum atomic E-state index is -0.103. The molecule has 0 spiro atoms. The van der Waals surface area contributed by atoms with E-state index in [-0.39, 0.29) is 5.41 Å². The van der Waals surface area contributed by atoms with Crippen LogP contribution in [0.25, 0.3) is 54.9 Å². The van der Waals surface area contributed by atoms with Crippen LogP contribution < -0.4 is 5.32 Å². The molecule has 1 aliphatic carbocycles. The summed E-state index contributed by atoms with van der Waals surface area (Å²) in [7, 11) is 0. The summed E-state index contributed by atoms with van der Waals surface area (Å²) in [6, 6.07) is 53.0. The Kier molecular flexibility index (Phi) is 5.55. The number of benzene rings is 7. The van der Waals surface area contributed by atoms with Crippen LogP contribution in [0.15, 0.2) is 146 Å². The standard InChI is InChI=1S/C41H31N/c1-41(2)38-24-30(29-18-16-28(17-19-29)27-10-4-3-5-11-27)20-22-35(38)36-23-21-32(26-39(36)41)42-40-25-31-12-6-7-13-33(31)34-14-8-9-15-37(34)40/h3-26,42H,1-2H3. The Morgan fingerprint density at radius 1 is 0.429 bits per heavy atom. The molecule has 0 aliphatic heterocycles. The molecular weight excluding hydrogens is 506 g/mol. The molecule has 7 aromatic carbocycles. The van der Waals surface area contributed by atoms with Crippen molar-refractivity contribution in [2.75, 3.05) is 5.32 Å². The largest absolute Gasteiger partial charge is 0.355 e. The molecule has 0 unspecified atom stereocenters. The second kappa shape index (κ2) is 9.46. The van der Waals surface area contributed by atoms with Gasteiger partial charge in [-0.2, -0.15) is 0 Å². The zero-order valence-corrected chi connectivity index (χ0v) is 23.9. The number of anilines is 2. The summed E-state index contributed by atoms with van der Waals surface area (Å²) in [6.07, 6.45) is 0. The van der Waals surface area contributed by atoms with E-state index in [1.165, 1.54) is 66.1 Å². The van der Waals surface area contributed by atoms with E-state index < -0.39 is 0 Å². The summed E-state index contributed by atoms with van der Waals surface area (Å²) in [5, 5.41) is 8.84. The van der Waals surface area contributed by atoms with E-state index in [1.54, 1.807) is 0 Å². The minimum absolute atomic E-state index is 0.103. The van der Waals surface area contributed by atoms with Gasteiger partial charge in [0.1, 0.15) is 0 Å². The van der Waals surface area contributed by atoms with Gasteiger partial charge < -0.3 is 5.32 Å². The molecule has 0 saturated carbocycles. The van der Waals surface area contributed by atoms with Gasteiger partial charge in [-0.05, 0) is 84.9 Å². The summed E-state index contributed by atoms with van der Waals surface area (Å²) in [5.74, 6) is 0. The van der Waals surface area contributed by atoms with Crippen molar-refractivity contribution in [2.24, 2.45) is 0 Å². The lowest BCUT2D eigenvalue weighted by Crippen LogP contribution is -2.15. The quantitative estimate of drug-likeness (QED) is 0.220. The van der Waals surface area contributed by atoms with E-state index in [2.05, 4.69) is 165 Å². The van der Waals surface area contributed by atoms with E-state index >= 15 is 0 Å². The van der Waals surface area contributed by atoms with Crippen LogP contribution in [0.3, 0.4) is 0 Å². The molecule has 0 atom stereocenters.